The third-order valence-corrected chi connectivity index (χ3v) is 3.81. The molecule has 0 saturated heterocycles. The van der Waals surface area contributed by atoms with Crippen molar-refractivity contribution in [3.8, 4) is 0 Å². The van der Waals surface area contributed by atoms with Gasteiger partial charge in [0.25, 0.3) is 5.91 Å². The number of nitrogens with one attached hydrogen (secondary N) is 1. The standard InChI is InChI=1S/C19H22N2O3/c1-3-15(16-9-5-4-6-10-16)13-21-18(22)14(2)24-19(23)17-11-7-8-12-20-17/h4-12,14-15H,3,13H2,1-2H3,(H,21,22)/t14-,15+/m1/s1. The molecule has 5 nitrogen and oxygen atoms in total. The maximum atomic E-state index is 12.2. The zero-order valence-electron chi connectivity index (χ0n) is 13.9. The van der Waals surface area contributed by atoms with Gasteiger partial charge in [0.1, 0.15) is 5.69 Å². The van der Waals surface area contributed by atoms with Crippen LogP contribution in [0.25, 0.3) is 0 Å². The van der Waals surface area contributed by atoms with Crippen LogP contribution in [0, 0.1) is 0 Å². The van der Waals surface area contributed by atoms with Gasteiger partial charge in [-0.05, 0) is 31.0 Å². The first-order valence-electron chi connectivity index (χ1n) is 8.06. The van der Waals surface area contributed by atoms with Gasteiger partial charge in [-0.1, -0.05) is 43.3 Å². The molecule has 1 aromatic heterocycles. The minimum absolute atomic E-state index is 0.188. The molecule has 0 radical (unpaired) electrons. The van der Waals surface area contributed by atoms with Crippen LogP contribution in [0.1, 0.15) is 42.2 Å². The molecular formula is C19H22N2O3. The molecular weight excluding hydrogens is 304 g/mol. The SMILES string of the molecule is CC[C@@H](CNC(=O)[C@@H](C)OC(=O)c1ccccn1)c1ccccc1. The zero-order chi connectivity index (χ0) is 17.4. The largest absolute Gasteiger partial charge is 0.448 e. The van der Waals surface area contributed by atoms with Gasteiger partial charge in [-0.15, -0.1) is 0 Å². The smallest absolute Gasteiger partial charge is 0.357 e. The van der Waals surface area contributed by atoms with Crippen molar-refractivity contribution in [2.24, 2.45) is 0 Å². The third-order valence-electron chi connectivity index (χ3n) is 3.81. The van der Waals surface area contributed by atoms with Crippen molar-refractivity contribution in [2.75, 3.05) is 6.54 Å². The number of ether oxygens (including phenoxy) is 1. The molecule has 1 N–H and O–H groups in total. The number of esters is 1. The number of hydrogen-bond donors (Lipinski definition) is 1. The van der Waals surface area contributed by atoms with Crippen LogP contribution in [0.2, 0.25) is 0 Å². The lowest BCUT2D eigenvalue weighted by Gasteiger charge is -2.18. The van der Waals surface area contributed by atoms with E-state index in [4.69, 9.17) is 4.74 Å². The molecule has 2 aromatic rings. The maximum Gasteiger partial charge on any atom is 0.357 e. The predicted octanol–water partition coefficient (Wildman–Crippen LogP) is 2.94. The van der Waals surface area contributed by atoms with Crippen LogP contribution in [-0.2, 0) is 9.53 Å². The Hall–Kier alpha value is -2.69. The first-order valence-corrected chi connectivity index (χ1v) is 8.06. The Morgan fingerprint density at radius 1 is 1.12 bits per heavy atom. The number of carbonyl (C=O) groups excluding carboxylic acids is 2. The zero-order valence-corrected chi connectivity index (χ0v) is 13.9. The Labute approximate surface area is 142 Å². The molecule has 0 aliphatic heterocycles. The Kier molecular flexibility index (Phi) is 6.49. The van der Waals surface area contributed by atoms with Crippen LogP contribution in [0.15, 0.2) is 54.7 Å². The summed E-state index contributed by atoms with van der Waals surface area (Å²) in [7, 11) is 0. The van der Waals surface area contributed by atoms with E-state index in [1.54, 1.807) is 25.1 Å². The number of pyridine rings is 1. The van der Waals surface area contributed by atoms with Crippen molar-refractivity contribution in [1.82, 2.24) is 10.3 Å². The lowest BCUT2D eigenvalue weighted by atomic mass is 9.96. The van der Waals surface area contributed by atoms with Gasteiger partial charge >= 0.3 is 5.97 Å². The molecule has 0 saturated carbocycles. The molecule has 1 amide bonds. The van der Waals surface area contributed by atoms with E-state index in [0.29, 0.717) is 6.54 Å². The summed E-state index contributed by atoms with van der Waals surface area (Å²) < 4.78 is 5.16. The fraction of sp³-hybridized carbons (Fsp3) is 0.316. The second kappa shape index (κ2) is 8.82. The van der Waals surface area contributed by atoms with Crippen LogP contribution in [0.3, 0.4) is 0 Å². The summed E-state index contributed by atoms with van der Waals surface area (Å²) in [6.45, 7) is 4.14. The minimum atomic E-state index is -0.868. The second-order valence-electron chi connectivity index (χ2n) is 5.52. The number of amides is 1. The summed E-state index contributed by atoms with van der Waals surface area (Å²) in [5.41, 5.74) is 1.37. The Morgan fingerprint density at radius 2 is 1.83 bits per heavy atom. The monoisotopic (exact) mass is 326 g/mol. The Bertz CT molecular complexity index is 659. The highest BCUT2D eigenvalue weighted by molar-refractivity contribution is 5.90. The second-order valence-corrected chi connectivity index (χ2v) is 5.52. The molecule has 0 unspecified atom stereocenters. The van der Waals surface area contributed by atoms with Gasteiger partial charge in [0, 0.05) is 18.7 Å². The molecule has 2 rings (SSSR count). The summed E-state index contributed by atoms with van der Waals surface area (Å²) in [6.07, 6.45) is 1.55. The molecule has 5 heteroatoms. The lowest BCUT2D eigenvalue weighted by Crippen LogP contribution is -2.38. The molecule has 126 valence electrons. The number of benzene rings is 1. The summed E-state index contributed by atoms with van der Waals surface area (Å²) in [5, 5.41) is 2.85. The van der Waals surface area contributed by atoms with Crippen LogP contribution in [0.4, 0.5) is 0 Å². The van der Waals surface area contributed by atoms with E-state index in [1.807, 2.05) is 30.3 Å². The fourth-order valence-corrected chi connectivity index (χ4v) is 2.35. The van der Waals surface area contributed by atoms with Gasteiger partial charge in [0.05, 0.1) is 0 Å². The maximum absolute atomic E-state index is 12.2. The van der Waals surface area contributed by atoms with Crippen molar-refractivity contribution < 1.29 is 14.3 Å². The van der Waals surface area contributed by atoms with Crippen molar-refractivity contribution in [3.05, 3.63) is 66.0 Å². The van der Waals surface area contributed by atoms with Gasteiger partial charge in [-0.25, -0.2) is 9.78 Å². The minimum Gasteiger partial charge on any atom is -0.448 e. The number of rotatable bonds is 7. The first-order chi connectivity index (χ1) is 11.6. The van der Waals surface area contributed by atoms with E-state index in [9.17, 15) is 9.59 Å². The van der Waals surface area contributed by atoms with E-state index in [0.717, 1.165) is 6.42 Å². The highest BCUT2D eigenvalue weighted by Crippen LogP contribution is 2.18. The lowest BCUT2D eigenvalue weighted by molar-refractivity contribution is -0.129. The van der Waals surface area contributed by atoms with Crippen LogP contribution < -0.4 is 5.32 Å². The topological polar surface area (TPSA) is 68.3 Å². The average Bonchev–Trinajstić information content (AvgIpc) is 2.63. The molecule has 24 heavy (non-hydrogen) atoms. The van der Waals surface area contributed by atoms with E-state index >= 15 is 0 Å². The van der Waals surface area contributed by atoms with Crippen molar-refractivity contribution in [1.29, 1.82) is 0 Å². The van der Waals surface area contributed by atoms with Crippen molar-refractivity contribution in [2.45, 2.75) is 32.3 Å². The van der Waals surface area contributed by atoms with Gasteiger partial charge in [0.2, 0.25) is 0 Å². The molecule has 0 aliphatic carbocycles. The normalized spacial score (nSPS) is 12.9. The average molecular weight is 326 g/mol. The van der Waals surface area contributed by atoms with E-state index in [-0.39, 0.29) is 17.5 Å². The molecule has 0 spiro atoms. The van der Waals surface area contributed by atoms with Crippen molar-refractivity contribution >= 4 is 11.9 Å². The fourth-order valence-electron chi connectivity index (χ4n) is 2.35. The molecule has 0 fully saturated rings. The summed E-state index contributed by atoms with van der Waals surface area (Å²) in [5.74, 6) is -0.684. The van der Waals surface area contributed by atoms with E-state index in [1.165, 1.54) is 11.8 Å². The van der Waals surface area contributed by atoms with Crippen LogP contribution in [-0.4, -0.2) is 29.5 Å². The molecule has 1 heterocycles. The summed E-state index contributed by atoms with van der Waals surface area (Å²) >= 11 is 0. The van der Waals surface area contributed by atoms with Gasteiger partial charge in [-0.3, -0.25) is 4.79 Å². The highest BCUT2D eigenvalue weighted by Gasteiger charge is 2.20. The molecule has 0 bridgehead atoms. The molecule has 0 aliphatic rings. The number of carbonyl (C=O) groups is 2. The summed E-state index contributed by atoms with van der Waals surface area (Å²) in [6, 6.07) is 15.0. The number of hydrogen-bond acceptors (Lipinski definition) is 4. The van der Waals surface area contributed by atoms with Crippen molar-refractivity contribution in [3.63, 3.8) is 0 Å². The van der Waals surface area contributed by atoms with Gasteiger partial charge in [-0.2, -0.15) is 0 Å². The predicted molar refractivity (Wildman–Crippen MR) is 91.6 cm³/mol. The van der Waals surface area contributed by atoms with E-state index in [2.05, 4.69) is 17.2 Å². The highest BCUT2D eigenvalue weighted by atomic mass is 16.5. The van der Waals surface area contributed by atoms with Crippen LogP contribution >= 0.6 is 0 Å². The Morgan fingerprint density at radius 3 is 2.46 bits per heavy atom. The first kappa shape index (κ1) is 17.7. The van der Waals surface area contributed by atoms with E-state index < -0.39 is 12.1 Å². The third kappa shape index (κ3) is 4.91. The molecule has 2 atom stereocenters. The quantitative estimate of drug-likeness (QED) is 0.794. The molecule has 1 aromatic carbocycles. The van der Waals surface area contributed by atoms with Crippen LogP contribution in [0.5, 0.6) is 0 Å². The Balaban J connectivity index is 1.86. The summed E-state index contributed by atoms with van der Waals surface area (Å²) in [4.78, 5) is 28.0. The van der Waals surface area contributed by atoms with Gasteiger partial charge < -0.3 is 10.1 Å². The van der Waals surface area contributed by atoms with Gasteiger partial charge in [0.15, 0.2) is 6.10 Å². The number of aromatic nitrogens is 1. The number of nitrogens with zero attached hydrogens (tertiary/aromatic N) is 1.